The molecule has 1 aromatic rings. The summed E-state index contributed by atoms with van der Waals surface area (Å²) in [5.41, 5.74) is 6.09. The summed E-state index contributed by atoms with van der Waals surface area (Å²) in [5, 5.41) is 18.3. The number of hydrogen-bond acceptors (Lipinski definition) is 3. The van der Waals surface area contributed by atoms with Crippen LogP contribution in [0.25, 0.3) is 0 Å². The Labute approximate surface area is 82.0 Å². The fraction of sp³-hybridized carbons (Fsp3) is 0.300. The van der Waals surface area contributed by atoms with Gasteiger partial charge in [0.2, 0.25) is 0 Å². The van der Waals surface area contributed by atoms with Gasteiger partial charge in [-0.05, 0) is 12.5 Å². The van der Waals surface area contributed by atoms with Crippen LogP contribution in [-0.4, -0.2) is 16.2 Å². The van der Waals surface area contributed by atoms with Crippen molar-refractivity contribution in [2.75, 3.05) is 0 Å². The molecule has 0 aliphatic carbocycles. The highest BCUT2D eigenvalue weighted by Gasteiger charge is 2.15. The van der Waals surface area contributed by atoms with Crippen LogP contribution in [0.15, 0.2) is 18.2 Å². The van der Waals surface area contributed by atoms with Crippen molar-refractivity contribution in [1.82, 2.24) is 0 Å². The lowest BCUT2D eigenvalue weighted by Gasteiger charge is -2.12. The van der Waals surface area contributed by atoms with E-state index in [0.717, 1.165) is 0 Å². The molecule has 1 rings (SSSR count). The number of hydrogen-bond donors (Lipinski definition) is 3. The van der Waals surface area contributed by atoms with E-state index in [-0.39, 0.29) is 17.4 Å². The number of phenols is 1. The van der Waals surface area contributed by atoms with Gasteiger partial charge in [0, 0.05) is 11.6 Å². The molecule has 0 aliphatic heterocycles. The van der Waals surface area contributed by atoms with Gasteiger partial charge in [-0.3, -0.25) is 0 Å². The zero-order chi connectivity index (χ0) is 10.7. The van der Waals surface area contributed by atoms with Crippen LogP contribution in [0.4, 0.5) is 0 Å². The van der Waals surface area contributed by atoms with Gasteiger partial charge in [-0.15, -0.1) is 0 Å². The molecule has 0 radical (unpaired) electrons. The summed E-state index contributed by atoms with van der Waals surface area (Å²) in [4.78, 5) is 10.7. The van der Waals surface area contributed by atoms with E-state index in [4.69, 9.17) is 10.8 Å². The van der Waals surface area contributed by atoms with Gasteiger partial charge in [0.1, 0.15) is 11.3 Å². The number of carboxylic acids is 1. The lowest BCUT2D eigenvalue weighted by Crippen LogP contribution is -2.10. The van der Waals surface area contributed by atoms with Crippen molar-refractivity contribution in [2.24, 2.45) is 5.73 Å². The van der Waals surface area contributed by atoms with Gasteiger partial charge in [0.15, 0.2) is 0 Å². The molecule has 0 spiro atoms. The van der Waals surface area contributed by atoms with Crippen LogP contribution < -0.4 is 5.73 Å². The molecule has 4 N–H and O–H groups in total. The zero-order valence-corrected chi connectivity index (χ0v) is 7.90. The molecule has 0 aliphatic rings. The molecule has 1 atom stereocenters. The van der Waals surface area contributed by atoms with Crippen molar-refractivity contribution < 1.29 is 15.0 Å². The van der Waals surface area contributed by atoms with Crippen molar-refractivity contribution in [3.63, 3.8) is 0 Å². The Hall–Kier alpha value is -1.55. The van der Waals surface area contributed by atoms with Crippen LogP contribution >= 0.6 is 0 Å². The van der Waals surface area contributed by atoms with Crippen LogP contribution in [0.5, 0.6) is 5.75 Å². The van der Waals surface area contributed by atoms with Crippen molar-refractivity contribution in [3.8, 4) is 5.75 Å². The van der Waals surface area contributed by atoms with E-state index >= 15 is 0 Å². The molecule has 0 aromatic heterocycles. The van der Waals surface area contributed by atoms with Gasteiger partial charge in [-0.25, -0.2) is 4.79 Å². The van der Waals surface area contributed by atoms with E-state index in [2.05, 4.69) is 0 Å². The summed E-state index contributed by atoms with van der Waals surface area (Å²) in [6, 6.07) is 4.24. The highest BCUT2D eigenvalue weighted by atomic mass is 16.4. The van der Waals surface area contributed by atoms with E-state index < -0.39 is 5.97 Å². The normalized spacial score (nSPS) is 12.4. The number of aromatic carboxylic acids is 1. The summed E-state index contributed by atoms with van der Waals surface area (Å²) in [6.07, 6.45) is 0.649. The molecule has 0 saturated carbocycles. The summed E-state index contributed by atoms with van der Waals surface area (Å²) in [7, 11) is 0. The van der Waals surface area contributed by atoms with Crippen molar-refractivity contribution in [3.05, 3.63) is 29.3 Å². The summed E-state index contributed by atoms with van der Waals surface area (Å²) >= 11 is 0. The van der Waals surface area contributed by atoms with Crippen molar-refractivity contribution >= 4 is 5.97 Å². The Morgan fingerprint density at radius 1 is 1.57 bits per heavy atom. The molecule has 76 valence electrons. The standard InChI is InChI=1S/C10H13NO3/c1-2-8(11)6-4-3-5-7(9(6)12)10(13)14/h3-5,8,12H,2,11H2,1H3,(H,13,14)/t8-/m1/s1. The minimum atomic E-state index is -1.15. The third-order valence-electron chi connectivity index (χ3n) is 2.14. The van der Waals surface area contributed by atoms with E-state index in [1.54, 1.807) is 12.1 Å². The van der Waals surface area contributed by atoms with E-state index in [1.165, 1.54) is 6.07 Å². The van der Waals surface area contributed by atoms with Crippen LogP contribution in [0, 0.1) is 0 Å². The fourth-order valence-electron chi connectivity index (χ4n) is 1.25. The molecule has 0 fully saturated rings. The Balaban J connectivity index is 3.20. The van der Waals surface area contributed by atoms with Crippen LogP contribution in [0.1, 0.15) is 35.3 Å². The van der Waals surface area contributed by atoms with Gasteiger partial charge in [-0.1, -0.05) is 19.1 Å². The molecule has 14 heavy (non-hydrogen) atoms. The third kappa shape index (κ3) is 1.85. The van der Waals surface area contributed by atoms with Gasteiger partial charge < -0.3 is 15.9 Å². The van der Waals surface area contributed by atoms with Crippen molar-refractivity contribution in [1.29, 1.82) is 0 Å². The molecular weight excluding hydrogens is 182 g/mol. The second kappa shape index (κ2) is 4.11. The first-order valence-corrected chi connectivity index (χ1v) is 4.38. The Bertz CT molecular complexity index is 349. The highest BCUT2D eigenvalue weighted by Crippen LogP contribution is 2.28. The highest BCUT2D eigenvalue weighted by molar-refractivity contribution is 5.91. The maximum atomic E-state index is 10.7. The molecule has 4 nitrogen and oxygen atoms in total. The Morgan fingerprint density at radius 3 is 2.71 bits per heavy atom. The first-order chi connectivity index (χ1) is 6.57. The SMILES string of the molecule is CC[C@@H](N)c1cccc(C(=O)O)c1O. The summed E-state index contributed by atoms with van der Waals surface area (Å²) in [6.45, 7) is 1.87. The van der Waals surface area contributed by atoms with Crippen LogP contribution in [0.2, 0.25) is 0 Å². The van der Waals surface area contributed by atoms with Crippen LogP contribution in [0.3, 0.4) is 0 Å². The van der Waals surface area contributed by atoms with Crippen LogP contribution in [-0.2, 0) is 0 Å². The van der Waals surface area contributed by atoms with Gasteiger partial charge in [0.25, 0.3) is 0 Å². The Morgan fingerprint density at radius 2 is 2.21 bits per heavy atom. The van der Waals surface area contributed by atoms with Gasteiger partial charge in [-0.2, -0.15) is 0 Å². The molecule has 1 aromatic carbocycles. The average Bonchev–Trinajstić information content (AvgIpc) is 2.16. The largest absolute Gasteiger partial charge is 0.507 e. The van der Waals surface area contributed by atoms with E-state index in [1.807, 2.05) is 6.92 Å². The maximum absolute atomic E-state index is 10.7. The predicted molar refractivity (Wildman–Crippen MR) is 52.3 cm³/mol. The minimum absolute atomic E-state index is 0.105. The number of rotatable bonds is 3. The number of para-hydroxylation sites is 1. The molecule has 0 saturated heterocycles. The first-order valence-electron chi connectivity index (χ1n) is 4.38. The second-order valence-electron chi connectivity index (χ2n) is 3.06. The van der Waals surface area contributed by atoms with Gasteiger partial charge in [0.05, 0.1) is 0 Å². The monoisotopic (exact) mass is 195 g/mol. The third-order valence-corrected chi connectivity index (χ3v) is 2.14. The molecule has 0 bridgehead atoms. The van der Waals surface area contributed by atoms with E-state index in [9.17, 15) is 9.90 Å². The lowest BCUT2D eigenvalue weighted by atomic mass is 10.0. The molecule has 0 amide bonds. The number of carboxylic acid groups (broad SMARTS) is 1. The van der Waals surface area contributed by atoms with Crippen molar-refractivity contribution in [2.45, 2.75) is 19.4 Å². The number of nitrogens with two attached hydrogens (primary N) is 1. The Kier molecular flexibility index (Phi) is 3.09. The molecular formula is C10H13NO3. The minimum Gasteiger partial charge on any atom is -0.507 e. The zero-order valence-electron chi connectivity index (χ0n) is 7.90. The smallest absolute Gasteiger partial charge is 0.339 e. The van der Waals surface area contributed by atoms with Gasteiger partial charge >= 0.3 is 5.97 Å². The summed E-state index contributed by atoms with van der Waals surface area (Å²) < 4.78 is 0. The molecule has 0 unspecified atom stereocenters. The molecule has 0 heterocycles. The average molecular weight is 195 g/mol. The first kappa shape index (κ1) is 10.5. The lowest BCUT2D eigenvalue weighted by molar-refractivity contribution is 0.0693. The number of carbonyl (C=O) groups is 1. The number of aromatic hydroxyl groups is 1. The quantitative estimate of drug-likeness (QED) is 0.682. The van der Waals surface area contributed by atoms with E-state index in [0.29, 0.717) is 12.0 Å². The number of benzene rings is 1. The topological polar surface area (TPSA) is 83.6 Å². The maximum Gasteiger partial charge on any atom is 0.339 e. The predicted octanol–water partition coefficient (Wildman–Crippen LogP) is 1.50. The fourth-order valence-corrected chi connectivity index (χ4v) is 1.25. The molecule has 4 heteroatoms. The summed E-state index contributed by atoms with van der Waals surface area (Å²) in [5.74, 6) is -1.37. The second-order valence-corrected chi connectivity index (χ2v) is 3.06.